The first kappa shape index (κ1) is 60.9. The molecule has 0 aromatic carbocycles. The fourth-order valence-corrected chi connectivity index (χ4v) is 7.35. The second-order valence-electron chi connectivity index (χ2n) is 17.8. The number of rotatable bonds is 48. The number of allylic oxidation sites excluding steroid dienone is 12. The molecule has 0 amide bonds. The van der Waals surface area contributed by atoms with Gasteiger partial charge in [-0.05, 0) is 89.9 Å². The van der Waals surface area contributed by atoms with Crippen molar-refractivity contribution in [3.05, 3.63) is 72.9 Å². The molecule has 0 aliphatic rings. The standard InChI is InChI=1S/C58H100O6/c1-4-7-10-13-16-19-22-25-27-29-31-33-36-39-42-45-48-51-57(60)63-54-55(53-62-56(59)50-47-44-41-38-35-24-21-18-15-12-9-6-3)64-58(61)52-49-46-43-40-37-34-32-30-28-26-23-20-17-14-11-8-5-2/h16-17,19-20,25-28,32,34,40,43,55H,4-15,18,21-24,29-31,33,35-39,41-42,44-54H2,1-3H3/b19-16-,20-17-,27-25-,28-26-,34-32-,43-40-/t55-/m0/s1. The summed E-state index contributed by atoms with van der Waals surface area (Å²) in [4.78, 5) is 38.0. The van der Waals surface area contributed by atoms with E-state index in [1.165, 1.54) is 135 Å². The molecule has 6 heteroatoms. The molecule has 0 saturated carbocycles. The molecule has 1 atom stereocenters. The Kier molecular flexibility index (Phi) is 49.9. The third kappa shape index (κ3) is 49.9. The van der Waals surface area contributed by atoms with Crippen LogP contribution in [0.4, 0.5) is 0 Å². The predicted molar refractivity (Wildman–Crippen MR) is 274 cm³/mol. The smallest absolute Gasteiger partial charge is 0.306 e. The van der Waals surface area contributed by atoms with Crippen molar-refractivity contribution in [1.82, 2.24) is 0 Å². The fourth-order valence-electron chi connectivity index (χ4n) is 7.35. The van der Waals surface area contributed by atoms with Gasteiger partial charge in [-0.3, -0.25) is 14.4 Å². The molecule has 0 bridgehead atoms. The van der Waals surface area contributed by atoms with Gasteiger partial charge < -0.3 is 14.2 Å². The van der Waals surface area contributed by atoms with Crippen molar-refractivity contribution >= 4 is 17.9 Å². The lowest BCUT2D eigenvalue weighted by atomic mass is 10.0. The van der Waals surface area contributed by atoms with Gasteiger partial charge in [-0.15, -0.1) is 0 Å². The number of hydrogen-bond acceptors (Lipinski definition) is 6. The average Bonchev–Trinajstić information content (AvgIpc) is 3.29. The molecule has 6 nitrogen and oxygen atoms in total. The molecule has 0 aromatic rings. The number of hydrogen-bond donors (Lipinski definition) is 0. The Bertz CT molecular complexity index is 1210. The zero-order chi connectivity index (χ0) is 46.5. The molecule has 64 heavy (non-hydrogen) atoms. The van der Waals surface area contributed by atoms with Crippen LogP contribution in [0.25, 0.3) is 0 Å². The highest BCUT2D eigenvalue weighted by Gasteiger charge is 2.19. The highest BCUT2D eigenvalue weighted by atomic mass is 16.6. The third-order valence-electron chi connectivity index (χ3n) is 11.4. The molecule has 368 valence electrons. The number of carbonyl (C=O) groups excluding carboxylic acids is 3. The largest absolute Gasteiger partial charge is 0.462 e. The second-order valence-corrected chi connectivity index (χ2v) is 17.8. The summed E-state index contributed by atoms with van der Waals surface area (Å²) >= 11 is 0. The van der Waals surface area contributed by atoms with Crippen molar-refractivity contribution in [2.24, 2.45) is 0 Å². The van der Waals surface area contributed by atoms with Crippen LogP contribution in [0, 0.1) is 0 Å². The Hall–Kier alpha value is -3.15. The Morgan fingerprint density at radius 3 is 0.953 bits per heavy atom. The highest BCUT2D eigenvalue weighted by Crippen LogP contribution is 2.14. The molecule has 0 aromatic heterocycles. The summed E-state index contributed by atoms with van der Waals surface area (Å²) < 4.78 is 16.8. The number of ether oxygens (including phenoxy) is 3. The van der Waals surface area contributed by atoms with Gasteiger partial charge in [0.15, 0.2) is 6.10 Å². The van der Waals surface area contributed by atoms with Crippen LogP contribution in [-0.4, -0.2) is 37.2 Å². The van der Waals surface area contributed by atoms with Gasteiger partial charge in [0.2, 0.25) is 0 Å². The SMILES string of the molecule is CCCCC/C=C\C/C=C\C/C=C\C/C=C\CCCC(=O)O[C@H](COC(=O)CCCCCCCCC/C=C\C/C=C\CCCCC)COC(=O)CCCCCCCCCCCCCC. The third-order valence-corrected chi connectivity index (χ3v) is 11.4. The fraction of sp³-hybridized carbons (Fsp3) is 0.741. The van der Waals surface area contributed by atoms with Gasteiger partial charge in [0, 0.05) is 19.3 Å². The van der Waals surface area contributed by atoms with Crippen LogP contribution in [-0.2, 0) is 28.6 Å². The van der Waals surface area contributed by atoms with Gasteiger partial charge >= 0.3 is 17.9 Å². The number of esters is 3. The first-order chi connectivity index (χ1) is 31.5. The van der Waals surface area contributed by atoms with Crippen LogP contribution in [0.15, 0.2) is 72.9 Å². The van der Waals surface area contributed by atoms with E-state index in [0.29, 0.717) is 19.3 Å². The predicted octanol–water partition coefficient (Wildman–Crippen LogP) is 17.8. The lowest BCUT2D eigenvalue weighted by Gasteiger charge is -2.18. The van der Waals surface area contributed by atoms with Gasteiger partial charge in [0.1, 0.15) is 13.2 Å². The summed E-state index contributed by atoms with van der Waals surface area (Å²) in [6.07, 6.45) is 66.0. The van der Waals surface area contributed by atoms with Crippen molar-refractivity contribution in [3.63, 3.8) is 0 Å². The molecule has 0 heterocycles. The molecule has 0 unspecified atom stereocenters. The summed E-state index contributed by atoms with van der Waals surface area (Å²) in [6, 6.07) is 0. The topological polar surface area (TPSA) is 78.9 Å². The molecule has 0 saturated heterocycles. The Morgan fingerprint density at radius 1 is 0.312 bits per heavy atom. The van der Waals surface area contributed by atoms with Crippen molar-refractivity contribution in [2.75, 3.05) is 13.2 Å². The second kappa shape index (κ2) is 52.5. The number of carbonyl (C=O) groups is 3. The van der Waals surface area contributed by atoms with E-state index in [1.54, 1.807) is 0 Å². The lowest BCUT2D eigenvalue weighted by Crippen LogP contribution is -2.30. The Morgan fingerprint density at radius 2 is 0.578 bits per heavy atom. The van der Waals surface area contributed by atoms with Crippen LogP contribution < -0.4 is 0 Å². The van der Waals surface area contributed by atoms with E-state index in [9.17, 15) is 14.4 Å². The maximum atomic E-state index is 12.8. The molecule has 0 fully saturated rings. The average molecular weight is 893 g/mol. The lowest BCUT2D eigenvalue weighted by molar-refractivity contribution is -0.167. The quantitative estimate of drug-likeness (QED) is 0.0262. The summed E-state index contributed by atoms with van der Waals surface area (Å²) in [7, 11) is 0. The maximum Gasteiger partial charge on any atom is 0.306 e. The van der Waals surface area contributed by atoms with Gasteiger partial charge in [-0.1, -0.05) is 222 Å². The monoisotopic (exact) mass is 893 g/mol. The van der Waals surface area contributed by atoms with Crippen LogP contribution in [0.3, 0.4) is 0 Å². The summed E-state index contributed by atoms with van der Waals surface area (Å²) in [5.41, 5.74) is 0. The van der Waals surface area contributed by atoms with E-state index >= 15 is 0 Å². The summed E-state index contributed by atoms with van der Waals surface area (Å²) in [6.45, 7) is 6.54. The van der Waals surface area contributed by atoms with Crippen LogP contribution in [0.5, 0.6) is 0 Å². The van der Waals surface area contributed by atoms with Crippen molar-refractivity contribution in [1.29, 1.82) is 0 Å². The minimum absolute atomic E-state index is 0.0980. The minimum atomic E-state index is -0.805. The van der Waals surface area contributed by atoms with Crippen LogP contribution in [0.2, 0.25) is 0 Å². The van der Waals surface area contributed by atoms with Crippen LogP contribution in [0.1, 0.15) is 258 Å². The Labute approximate surface area is 395 Å². The molecule has 0 aliphatic carbocycles. The van der Waals surface area contributed by atoms with E-state index < -0.39 is 6.10 Å². The minimum Gasteiger partial charge on any atom is -0.462 e. The first-order valence-electron chi connectivity index (χ1n) is 26.9. The van der Waals surface area contributed by atoms with E-state index in [4.69, 9.17) is 14.2 Å². The van der Waals surface area contributed by atoms with Gasteiger partial charge in [-0.25, -0.2) is 0 Å². The van der Waals surface area contributed by atoms with Crippen molar-refractivity contribution in [2.45, 2.75) is 264 Å². The number of unbranched alkanes of at least 4 members (excludes halogenated alkanes) is 25. The van der Waals surface area contributed by atoms with Crippen molar-refractivity contribution < 1.29 is 28.6 Å². The molecule has 0 rings (SSSR count). The molecule has 0 spiro atoms. The molecule has 0 radical (unpaired) electrons. The zero-order valence-electron chi connectivity index (χ0n) is 42.0. The van der Waals surface area contributed by atoms with Crippen molar-refractivity contribution in [3.8, 4) is 0 Å². The molecular formula is C58H100O6. The van der Waals surface area contributed by atoms with E-state index in [1.807, 2.05) is 0 Å². The van der Waals surface area contributed by atoms with Gasteiger partial charge in [-0.2, -0.15) is 0 Å². The normalized spacial score (nSPS) is 12.6. The van der Waals surface area contributed by atoms with E-state index in [0.717, 1.165) is 77.0 Å². The summed E-state index contributed by atoms with van der Waals surface area (Å²) in [5.74, 6) is -0.959. The van der Waals surface area contributed by atoms with Crippen LogP contribution >= 0.6 is 0 Å². The van der Waals surface area contributed by atoms with E-state index in [-0.39, 0.29) is 37.5 Å². The molecular weight excluding hydrogens is 793 g/mol. The molecule has 0 aliphatic heterocycles. The van der Waals surface area contributed by atoms with E-state index in [2.05, 4.69) is 93.7 Å². The molecule has 0 N–H and O–H groups in total. The van der Waals surface area contributed by atoms with Gasteiger partial charge in [0.25, 0.3) is 0 Å². The highest BCUT2D eigenvalue weighted by molar-refractivity contribution is 5.71. The maximum absolute atomic E-state index is 12.8. The zero-order valence-corrected chi connectivity index (χ0v) is 42.0. The first-order valence-corrected chi connectivity index (χ1v) is 26.9. The summed E-state index contributed by atoms with van der Waals surface area (Å²) in [5, 5.41) is 0. The van der Waals surface area contributed by atoms with Gasteiger partial charge in [0.05, 0.1) is 0 Å². The Balaban J connectivity index is 4.47.